The summed E-state index contributed by atoms with van der Waals surface area (Å²) in [6, 6.07) is 8.92. The van der Waals surface area contributed by atoms with Gasteiger partial charge in [0.05, 0.1) is 0 Å². The molecule has 108 valence electrons. The van der Waals surface area contributed by atoms with E-state index in [1.165, 1.54) is 30.4 Å². The topological polar surface area (TPSA) is 0 Å². The maximum absolute atomic E-state index is 2.46. The second-order valence-corrected chi connectivity index (χ2v) is 7.07. The normalized spacial score (nSPS) is 18.1. The Bertz CT molecular complexity index is 404. The lowest BCUT2D eigenvalue weighted by molar-refractivity contribution is 0.140. The highest BCUT2D eigenvalue weighted by molar-refractivity contribution is 5.33. The van der Waals surface area contributed by atoms with Gasteiger partial charge in [-0.15, -0.1) is 0 Å². The van der Waals surface area contributed by atoms with Crippen molar-refractivity contribution in [3.8, 4) is 0 Å². The lowest BCUT2D eigenvalue weighted by atomic mass is 9.62. The Balaban J connectivity index is 3.15. The molecule has 0 heterocycles. The van der Waals surface area contributed by atoms with Crippen molar-refractivity contribution in [2.75, 3.05) is 0 Å². The van der Waals surface area contributed by atoms with Gasteiger partial charge in [-0.1, -0.05) is 72.2 Å². The minimum atomic E-state index is 0.292. The average molecular weight is 260 g/mol. The monoisotopic (exact) mass is 260 g/mol. The zero-order chi connectivity index (χ0) is 14.7. The molecule has 0 amide bonds. The van der Waals surface area contributed by atoms with Crippen LogP contribution in [0.15, 0.2) is 24.3 Å². The summed E-state index contributed by atoms with van der Waals surface area (Å²) in [5.41, 5.74) is 3.69. The van der Waals surface area contributed by atoms with E-state index in [9.17, 15) is 0 Å². The highest BCUT2D eigenvalue weighted by Gasteiger charge is 2.36. The van der Waals surface area contributed by atoms with Gasteiger partial charge in [-0.25, -0.2) is 0 Å². The van der Waals surface area contributed by atoms with Crippen LogP contribution in [0.2, 0.25) is 0 Å². The summed E-state index contributed by atoms with van der Waals surface area (Å²) in [5, 5.41) is 0. The van der Waals surface area contributed by atoms with Crippen LogP contribution in [0, 0.1) is 18.3 Å². The predicted octanol–water partition coefficient (Wildman–Crippen LogP) is 6.13. The quantitative estimate of drug-likeness (QED) is 0.577. The Morgan fingerprint density at radius 2 is 1.58 bits per heavy atom. The van der Waals surface area contributed by atoms with Crippen LogP contribution >= 0.6 is 0 Å². The van der Waals surface area contributed by atoms with Crippen LogP contribution in [0.25, 0.3) is 0 Å². The van der Waals surface area contributed by atoms with Crippen molar-refractivity contribution in [3.63, 3.8) is 0 Å². The first-order valence-corrected chi connectivity index (χ1v) is 7.85. The number of rotatable bonds is 6. The molecule has 0 aliphatic rings. The highest BCUT2D eigenvalue weighted by atomic mass is 14.4. The van der Waals surface area contributed by atoms with Gasteiger partial charge in [0.15, 0.2) is 0 Å². The summed E-state index contributed by atoms with van der Waals surface area (Å²) in [4.78, 5) is 0. The van der Waals surface area contributed by atoms with E-state index in [1.54, 1.807) is 0 Å². The molecular formula is C19H32. The van der Waals surface area contributed by atoms with Gasteiger partial charge in [-0.05, 0) is 47.6 Å². The van der Waals surface area contributed by atoms with Crippen molar-refractivity contribution < 1.29 is 0 Å². The maximum Gasteiger partial charge on any atom is -0.00700 e. The Morgan fingerprint density at radius 1 is 1.00 bits per heavy atom. The van der Waals surface area contributed by atoms with E-state index in [-0.39, 0.29) is 0 Å². The standard InChI is InChI=1S/C19H32/c1-8-18(6,15(3)4)14-19(7,9-2)17-13-11-10-12-16(17)5/h10-13,15H,8-9,14H2,1-7H3. The predicted molar refractivity (Wildman–Crippen MR) is 86.7 cm³/mol. The average Bonchev–Trinajstić information content (AvgIpc) is 2.38. The van der Waals surface area contributed by atoms with Crippen LogP contribution < -0.4 is 0 Å². The maximum atomic E-state index is 2.46. The van der Waals surface area contributed by atoms with Crippen molar-refractivity contribution in [1.82, 2.24) is 0 Å². The molecule has 0 nitrogen and oxygen atoms in total. The van der Waals surface area contributed by atoms with Gasteiger partial charge >= 0.3 is 0 Å². The van der Waals surface area contributed by atoms with E-state index in [4.69, 9.17) is 0 Å². The molecule has 0 saturated carbocycles. The lowest BCUT2D eigenvalue weighted by Crippen LogP contribution is -2.34. The second kappa shape index (κ2) is 6.11. The van der Waals surface area contributed by atoms with Crippen LogP contribution in [0.3, 0.4) is 0 Å². The number of benzene rings is 1. The molecule has 0 saturated heterocycles. The third-order valence-corrected chi connectivity index (χ3v) is 5.57. The second-order valence-electron chi connectivity index (χ2n) is 7.07. The van der Waals surface area contributed by atoms with E-state index in [0.29, 0.717) is 10.8 Å². The third kappa shape index (κ3) is 3.41. The molecule has 0 fully saturated rings. The van der Waals surface area contributed by atoms with E-state index in [2.05, 4.69) is 72.7 Å². The van der Waals surface area contributed by atoms with Crippen LogP contribution in [0.5, 0.6) is 0 Å². The Kier molecular flexibility index (Phi) is 5.24. The number of hydrogen-bond donors (Lipinski definition) is 0. The first-order valence-electron chi connectivity index (χ1n) is 7.85. The number of aryl methyl sites for hydroxylation is 1. The van der Waals surface area contributed by atoms with Crippen molar-refractivity contribution in [1.29, 1.82) is 0 Å². The summed E-state index contributed by atoms with van der Waals surface area (Å²) in [6.45, 7) is 16.6. The van der Waals surface area contributed by atoms with Crippen LogP contribution in [-0.2, 0) is 5.41 Å². The first-order chi connectivity index (χ1) is 8.79. The fraction of sp³-hybridized carbons (Fsp3) is 0.684. The molecule has 0 spiro atoms. The van der Waals surface area contributed by atoms with Gasteiger partial charge in [-0.2, -0.15) is 0 Å². The molecule has 0 heteroatoms. The molecule has 0 radical (unpaired) electrons. The molecule has 2 atom stereocenters. The van der Waals surface area contributed by atoms with Crippen molar-refractivity contribution in [3.05, 3.63) is 35.4 Å². The minimum Gasteiger partial charge on any atom is -0.0649 e. The molecule has 2 unspecified atom stereocenters. The number of hydrogen-bond acceptors (Lipinski definition) is 0. The minimum absolute atomic E-state index is 0.292. The van der Waals surface area contributed by atoms with Gasteiger partial charge in [-0.3, -0.25) is 0 Å². The third-order valence-electron chi connectivity index (χ3n) is 5.57. The molecule has 0 N–H and O–H groups in total. The van der Waals surface area contributed by atoms with Crippen molar-refractivity contribution in [2.45, 2.75) is 73.1 Å². The Hall–Kier alpha value is -0.780. The summed E-state index contributed by atoms with van der Waals surface area (Å²) in [5.74, 6) is 0.729. The fourth-order valence-corrected chi connectivity index (χ4v) is 3.29. The summed E-state index contributed by atoms with van der Waals surface area (Å²) in [7, 11) is 0. The molecule has 0 aliphatic heterocycles. The molecule has 0 bridgehead atoms. The van der Waals surface area contributed by atoms with Gasteiger partial charge in [0, 0.05) is 0 Å². The molecule has 0 aromatic heterocycles. The van der Waals surface area contributed by atoms with E-state index >= 15 is 0 Å². The van der Waals surface area contributed by atoms with E-state index in [0.717, 1.165) is 5.92 Å². The summed E-state index contributed by atoms with van der Waals surface area (Å²) < 4.78 is 0. The van der Waals surface area contributed by atoms with Crippen LogP contribution in [-0.4, -0.2) is 0 Å². The smallest absolute Gasteiger partial charge is 0.00700 e. The zero-order valence-electron chi connectivity index (χ0n) is 14.0. The largest absolute Gasteiger partial charge is 0.0649 e. The molecular weight excluding hydrogens is 228 g/mol. The summed E-state index contributed by atoms with van der Waals surface area (Å²) >= 11 is 0. The molecule has 0 aliphatic carbocycles. The molecule has 1 aromatic rings. The zero-order valence-corrected chi connectivity index (χ0v) is 14.0. The fourth-order valence-electron chi connectivity index (χ4n) is 3.29. The van der Waals surface area contributed by atoms with E-state index < -0.39 is 0 Å². The lowest BCUT2D eigenvalue weighted by Gasteiger charge is -2.42. The van der Waals surface area contributed by atoms with Gasteiger partial charge in [0.1, 0.15) is 0 Å². The van der Waals surface area contributed by atoms with Gasteiger partial charge in [0.2, 0.25) is 0 Å². The molecule has 1 aromatic carbocycles. The first kappa shape index (κ1) is 16.3. The van der Waals surface area contributed by atoms with Crippen LogP contribution in [0.4, 0.5) is 0 Å². The van der Waals surface area contributed by atoms with Crippen molar-refractivity contribution in [2.24, 2.45) is 11.3 Å². The van der Waals surface area contributed by atoms with Crippen LogP contribution in [0.1, 0.15) is 71.9 Å². The van der Waals surface area contributed by atoms with Crippen molar-refractivity contribution >= 4 is 0 Å². The highest BCUT2D eigenvalue weighted by Crippen LogP contribution is 2.45. The SMILES string of the molecule is CCC(C)(CC(C)(CC)C(C)C)c1ccccc1C. The Labute approximate surface area is 120 Å². The molecule has 1 rings (SSSR count). The summed E-state index contributed by atoms with van der Waals surface area (Å²) in [6.07, 6.45) is 3.74. The van der Waals surface area contributed by atoms with Gasteiger partial charge < -0.3 is 0 Å². The Morgan fingerprint density at radius 3 is 2.00 bits per heavy atom. The van der Waals surface area contributed by atoms with Gasteiger partial charge in [0.25, 0.3) is 0 Å². The van der Waals surface area contributed by atoms with E-state index in [1.807, 2.05) is 0 Å². The molecule has 19 heavy (non-hydrogen) atoms.